The third-order valence-electron chi connectivity index (χ3n) is 2.27. The van der Waals surface area contributed by atoms with Crippen LogP contribution in [0, 0.1) is 0 Å². The monoisotopic (exact) mass is 299 g/mol. The highest BCUT2D eigenvalue weighted by molar-refractivity contribution is 7.99. The van der Waals surface area contributed by atoms with Crippen LogP contribution in [0.15, 0.2) is 34.7 Å². The lowest BCUT2D eigenvalue weighted by molar-refractivity contribution is 0.822. The Kier molecular flexibility index (Phi) is 3.15. The van der Waals surface area contributed by atoms with E-state index in [4.69, 9.17) is 23.2 Å². The summed E-state index contributed by atoms with van der Waals surface area (Å²) in [7, 11) is 0. The van der Waals surface area contributed by atoms with Crippen molar-refractivity contribution >= 4 is 46.5 Å². The van der Waals surface area contributed by atoms with Crippen molar-refractivity contribution in [3.05, 3.63) is 34.6 Å². The predicted octanol–water partition coefficient (Wildman–Crippen LogP) is 2.96. The van der Waals surface area contributed by atoms with Crippen LogP contribution in [0.5, 0.6) is 0 Å². The largest absolute Gasteiger partial charge is 0.277 e. The van der Waals surface area contributed by atoms with Crippen LogP contribution >= 0.6 is 35.0 Å². The van der Waals surface area contributed by atoms with Crippen molar-refractivity contribution in [3.63, 3.8) is 0 Å². The van der Waals surface area contributed by atoms with Gasteiger partial charge in [-0.05, 0) is 18.2 Å². The number of hydrogen-bond acceptors (Lipinski definition) is 4. The molecule has 8 heteroatoms. The molecule has 1 aliphatic heterocycles. The van der Waals surface area contributed by atoms with E-state index >= 15 is 0 Å². The maximum Gasteiger partial charge on any atom is 0.210 e. The Morgan fingerprint density at radius 3 is 3.06 bits per heavy atom. The van der Waals surface area contributed by atoms with Gasteiger partial charge in [0, 0.05) is 0 Å². The molecule has 92 valence electrons. The van der Waals surface area contributed by atoms with Crippen LogP contribution < -0.4 is 5.43 Å². The first kappa shape index (κ1) is 11.8. The van der Waals surface area contributed by atoms with E-state index in [1.807, 2.05) is 6.07 Å². The van der Waals surface area contributed by atoms with Gasteiger partial charge >= 0.3 is 0 Å². The van der Waals surface area contributed by atoms with Gasteiger partial charge in [-0.25, -0.2) is 9.67 Å². The molecule has 1 aromatic carbocycles. The van der Waals surface area contributed by atoms with Crippen LogP contribution in [0.1, 0.15) is 0 Å². The molecule has 5 nitrogen and oxygen atoms in total. The second-order valence-electron chi connectivity index (χ2n) is 3.54. The van der Waals surface area contributed by atoms with Crippen molar-refractivity contribution in [2.24, 2.45) is 4.99 Å². The smallest absolute Gasteiger partial charge is 0.210 e. The Hall–Kier alpha value is -1.24. The molecular formula is C10H7Cl2N5S. The van der Waals surface area contributed by atoms with Gasteiger partial charge in [-0.2, -0.15) is 0 Å². The normalized spacial score (nSPS) is 16.4. The van der Waals surface area contributed by atoms with Crippen molar-refractivity contribution in [2.45, 2.75) is 5.16 Å². The van der Waals surface area contributed by atoms with Gasteiger partial charge in [0.2, 0.25) is 5.16 Å². The second-order valence-corrected chi connectivity index (χ2v) is 5.30. The molecule has 0 aliphatic carbocycles. The van der Waals surface area contributed by atoms with E-state index in [0.29, 0.717) is 15.8 Å². The summed E-state index contributed by atoms with van der Waals surface area (Å²) in [4.78, 5) is 4.46. The van der Waals surface area contributed by atoms with Crippen LogP contribution in [0.3, 0.4) is 0 Å². The zero-order valence-corrected chi connectivity index (χ0v) is 11.3. The molecular weight excluding hydrogens is 293 g/mol. The summed E-state index contributed by atoms with van der Waals surface area (Å²) in [5, 5.41) is 9.59. The number of halogens is 2. The van der Waals surface area contributed by atoms with Gasteiger partial charge in [-0.3, -0.25) is 5.43 Å². The number of aromatic nitrogens is 3. The van der Waals surface area contributed by atoms with Crippen molar-refractivity contribution in [1.29, 1.82) is 0 Å². The minimum Gasteiger partial charge on any atom is -0.277 e. The lowest BCUT2D eigenvalue weighted by Crippen LogP contribution is -2.28. The quantitative estimate of drug-likeness (QED) is 0.879. The van der Waals surface area contributed by atoms with Gasteiger partial charge in [-0.1, -0.05) is 35.0 Å². The minimum absolute atomic E-state index is 0.493. The Balaban J connectivity index is 1.87. The molecule has 3 rings (SSSR count). The molecule has 0 amide bonds. The summed E-state index contributed by atoms with van der Waals surface area (Å²) in [6, 6.07) is 5.27. The van der Waals surface area contributed by atoms with E-state index in [2.05, 4.69) is 20.6 Å². The summed E-state index contributed by atoms with van der Waals surface area (Å²) >= 11 is 13.4. The van der Waals surface area contributed by atoms with Gasteiger partial charge < -0.3 is 0 Å². The number of nitrogens with zero attached hydrogens (tertiary/aromatic N) is 4. The Morgan fingerprint density at radius 1 is 1.33 bits per heavy atom. The van der Waals surface area contributed by atoms with Gasteiger partial charge in [-0.15, -0.1) is 10.2 Å². The molecule has 1 aromatic heterocycles. The van der Waals surface area contributed by atoms with Crippen LogP contribution in [0.25, 0.3) is 0 Å². The fraction of sp³-hybridized carbons (Fsp3) is 0.100. The second kappa shape index (κ2) is 4.79. The number of thioether (sulfide) groups is 1. The van der Waals surface area contributed by atoms with Crippen molar-refractivity contribution in [3.8, 4) is 0 Å². The first-order chi connectivity index (χ1) is 8.72. The summed E-state index contributed by atoms with van der Waals surface area (Å²) in [5.74, 6) is 1.52. The van der Waals surface area contributed by atoms with E-state index in [-0.39, 0.29) is 0 Å². The number of aliphatic imine (C=N–C) groups is 1. The SMILES string of the molecule is Clc1ccc(N=C2CSc3nncn3N2)cc1Cl. The van der Waals surface area contributed by atoms with Crippen LogP contribution in [-0.2, 0) is 0 Å². The average Bonchev–Trinajstić information content (AvgIpc) is 2.81. The maximum absolute atomic E-state index is 5.94. The topological polar surface area (TPSA) is 55.1 Å². The van der Waals surface area contributed by atoms with Gasteiger partial charge in [0.25, 0.3) is 0 Å². The third kappa shape index (κ3) is 2.31. The zero-order valence-electron chi connectivity index (χ0n) is 8.97. The van der Waals surface area contributed by atoms with E-state index in [1.54, 1.807) is 34.9 Å². The van der Waals surface area contributed by atoms with Crippen LogP contribution in [0.4, 0.5) is 5.69 Å². The highest BCUT2D eigenvalue weighted by Crippen LogP contribution is 2.27. The van der Waals surface area contributed by atoms with Crippen molar-refractivity contribution < 1.29 is 0 Å². The third-order valence-corrected chi connectivity index (χ3v) is 3.96. The van der Waals surface area contributed by atoms with Crippen LogP contribution in [0.2, 0.25) is 10.0 Å². The van der Waals surface area contributed by atoms with Crippen LogP contribution in [-0.4, -0.2) is 26.5 Å². The Morgan fingerprint density at radius 2 is 2.22 bits per heavy atom. The molecule has 0 saturated heterocycles. The van der Waals surface area contributed by atoms with Crippen molar-refractivity contribution in [2.75, 3.05) is 11.2 Å². The van der Waals surface area contributed by atoms with E-state index in [9.17, 15) is 0 Å². The Labute approximate surface area is 117 Å². The zero-order chi connectivity index (χ0) is 12.5. The molecule has 0 bridgehead atoms. The molecule has 0 spiro atoms. The molecule has 1 aliphatic rings. The molecule has 1 N–H and O–H groups in total. The molecule has 0 saturated carbocycles. The highest BCUT2D eigenvalue weighted by Gasteiger charge is 2.14. The number of fused-ring (bicyclic) bond motifs is 1. The summed E-state index contributed by atoms with van der Waals surface area (Å²) < 4.78 is 1.73. The molecule has 2 aromatic rings. The van der Waals surface area contributed by atoms with Gasteiger partial charge in [0.1, 0.15) is 12.2 Å². The average molecular weight is 300 g/mol. The highest BCUT2D eigenvalue weighted by atomic mass is 35.5. The number of rotatable bonds is 1. The first-order valence-electron chi connectivity index (χ1n) is 5.05. The van der Waals surface area contributed by atoms with Gasteiger partial charge in [0.15, 0.2) is 0 Å². The number of amidine groups is 1. The minimum atomic E-state index is 0.493. The van der Waals surface area contributed by atoms with E-state index in [0.717, 1.165) is 16.7 Å². The molecule has 0 atom stereocenters. The standard InChI is InChI=1S/C10H7Cl2N5S/c11-7-2-1-6(3-8(7)12)14-9-4-18-10-15-13-5-17(10)16-9/h1-3,5H,4H2,(H,14,16). The predicted molar refractivity (Wildman–Crippen MR) is 73.7 cm³/mol. The maximum atomic E-state index is 5.94. The fourth-order valence-electron chi connectivity index (χ4n) is 1.47. The van der Waals surface area contributed by atoms with E-state index in [1.165, 1.54) is 0 Å². The summed E-state index contributed by atoms with van der Waals surface area (Å²) in [6.07, 6.45) is 1.60. The lowest BCUT2D eigenvalue weighted by atomic mass is 10.3. The number of nitrogens with one attached hydrogen (secondary N) is 1. The van der Waals surface area contributed by atoms with E-state index < -0.39 is 0 Å². The Bertz CT molecular complexity index is 624. The van der Waals surface area contributed by atoms with Gasteiger partial charge in [0.05, 0.1) is 21.5 Å². The molecule has 0 fully saturated rings. The molecule has 0 radical (unpaired) electrons. The summed E-state index contributed by atoms with van der Waals surface area (Å²) in [6.45, 7) is 0. The lowest BCUT2D eigenvalue weighted by Gasteiger charge is -2.16. The number of benzene rings is 1. The molecule has 0 unspecified atom stereocenters. The molecule has 18 heavy (non-hydrogen) atoms. The summed E-state index contributed by atoms with van der Waals surface area (Å²) in [5.41, 5.74) is 3.86. The first-order valence-corrected chi connectivity index (χ1v) is 6.79. The molecule has 2 heterocycles. The number of hydrogen-bond donors (Lipinski definition) is 1. The van der Waals surface area contributed by atoms with Crippen molar-refractivity contribution in [1.82, 2.24) is 14.9 Å². The fourth-order valence-corrected chi connectivity index (χ4v) is 2.50.